The van der Waals surface area contributed by atoms with Gasteiger partial charge in [-0.05, 0) is 37.6 Å². The number of rotatable bonds is 3. The molecule has 4 heterocycles. The van der Waals surface area contributed by atoms with Gasteiger partial charge in [-0.15, -0.1) is 0 Å². The van der Waals surface area contributed by atoms with Gasteiger partial charge in [0.25, 0.3) is 0 Å². The fraction of sp³-hybridized carbons (Fsp3) is 0.273. The van der Waals surface area contributed by atoms with Crippen LogP contribution in [-0.2, 0) is 13.0 Å². The molecule has 0 N–H and O–H groups in total. The lowest BCUT2D eigenvalue weighted by atomic mass is 10.0. The lowest BCUT2D eigenvalue weighted by Gasteiger charge is -2.30. The van der Waals surface area contributed by atoms with Crippen molar-refractivity contribution in [3.8, 4) is 11.3 Å². The number of anilines is 1. The molecule has 4 aromatic rings. The number of pyridine rings is 1. The monoisotopic (exact) mass is 406 g/mol. The lowest BCUT2D eigenvalue weighted by molar-refractivity contribution is 0.510. The van der Waals surface area contributed by atoms with E-state index in [-0.39, 0.29) is 6.04 Å². The van der Waals surface area contributed by atoms with Crippen molar-refractivity contribution in [3.63, 3.8) is 0 Å². The Balaban J connectivity index is 1.53. The van der Waals surface area contributed by atoms with E-state index in [0.29, 0.717) is 29.8 Å². The molecule has 0 unspecified atom stereocenters. The summed E-state index contributed by atoms with van der Waals surface area (Å²) in [6.45, 7) is 5.45. The largest absolute Gasteiger partial charge is 0.351 e. The highest BCUT2D eigenvalue weighted by Gasteiger charge is 2.22. The smallest absolute Gasteiger partial charge is 0.161 e. The van der Waals surface area contributed by atoms with Gasteiger partial charge in [0.15, 0.2) is 11.6 Å². The van der Waals surface area contributed by atoms with Crippen LogP contribution < -0.4 is 4.90 Å². The molecule has 1 aliphatic rings. The number of aromatic nitrogens is 5. The zero-order valence-corrected chi connectivity index (χ0v) is 16.7. The highest BCUT2D eigenvalue weighted by atomic mass is 19.2. The molecule has 0 amide bonds. The van der Waals surface area contributed by atoms with Crippen LogP contribution in [0.3, 0.4) is 0 Å². The summed E-state index contributed by atoms with van der Waals surface area (Å²) in [5.41, 5.74) is 4.54. The fourth-order valence-electron chi connectivity index (χ4n) is 3.99. The van der Waals surface area contributed by atoms with E-state index < -0.39 is 11.6 Å². The first-order valence-corrected chi connectivity index (χ1v) is 9.87. The Morgan fingerprint density at radius 1 is 1.03 bits per heavy atom. The second kappa shape index (κ2) is 7.12. The molecule has 5 rings (SSSR count). The van der Waals surface area contributed by atoms with Gasteiger partial charge in [0.2, 0.25) is 0 Å². The predicted octanol–water partition coefficient (Wildman–Crippen LogP) is 4.31. The van der Waals surface area contributed by atoms with Crippen LogP contribution >= 0.6 is 0 Å². The molecule has 3 aromatic heterocycles. The second-order valence-corrected chi connectivity index (χ2v) is 7.74. The van der Waals surface area contributed by atoms with E-state index in [4.69, 9.17) is 0 Å². The normalized spacial score (nSPS) is 13.8. The second-order valence-electron chi connectivity index (χ2n) is 7.74. The predicted molar refractivity (Wildman–Crippen MR) is 110 cm³/mol. The van der Waals surface area contributed by atoms with Gasteiger partial charge in [0.1, 0.15) is 12.1 Å². The standard InChI is InChI=1S/C22H20F2N6/c1-13(2)30-21(3-5-28-30)14-7-15-11-29(6-4-19(15)25-10-14)22-16-8-17(23)18(24)9-20(16)26-12-27-22/h3,5,7-10,12-13H,4,6,11H2,1-2H3. The van der Waals surface area contributed by atoms with Gasteiger partial charge in [-0.1, -0.05) is 0 Å². The van der Waals surface area contributed by atoms with Crippen molar-refractivity contribution in [2.75, 3.05) is 11.4 Å². The molecule has 0 aliphatic carbocycles. The molecular weight excluding hydrogens is 386 g/mol. The van der Waals surface area contributed by atoms with Gasteiger partial charge >= 0.3 is 0 Å². The van der Waals surface area contributed by atoms with E-state index in [0.717, 1.165) is 35.0 Å². The van der Waals surface area contributed by atoms with Gasteiger partial charge in [0.05, 0.1) is 11.2 Å². The van der Waals surface area contributed by atoms with E-state index in [1.54, 1.807) is 6.20 Å². The number of benzene rings is 1. The van der Waals surface area contributed by atoms with E-state index in [1.807, 2.05) is 16.9 Å². The molecule has 1 aromatic carbocycles. The minimum atomic E-state index is -0.910. The fourth-order valence-corrected chi connectivity index (χ4v) is 3.99. The molecule has 1 aliphatic heterocycles. The number of fused-ring (bicyclic) bond motifs is 2. The van der Waals surface area contributed by atoms with Crippen LogP contribution in [0.4, 0.5) is 14.6 Å². The first-order chi connectivity index (χ1) is 14.5. The summed E-state index contributed by atoms with van der Waals surface area (Å²) in [4.78, 5) is 15.2. The van der Waals surface area contributed by atoms with E-state index in [9.17, 15) is 8.78 Å². The van der Waals surface area contributed by atoms with Crippen LogP contribution in [-0.4, -0.2) is 31.3 Å². The molecule has 8 heteroatoms. The summed E-state index contributed by atoms with van der Waals surface area (Å²) in [7, 11) is 0. The molecular formula is C22H20F2N6. The van der Waals surface area contributed by atoms with Crippen LogP contribution in [0, 0.1) is 11.6 Å². The molecule has 0 saturated carbocycles. The molecule has 0 atom stereocenters. The van der Waals surface area contributed by atoms with Gasteiger partial charge < -0.3 is 4.90 Å². The molecule has 0 saturated heterocycles. The minimum absolute atomic E-state index is 0.241. The third-order valence-electron chi connectivity index (χ3n) is 5.45. The van der Waals surface area contributed by atoms with Crippen LogP contribution in [0.5, 0.6) is 0 Å². The molecule has 152 valence electrons. The van der Waals surface area contributed by atoms with Crippen molar-refractivity contribution >= 4 is 16.7 Å². The first kappa shape index (κ1) is 18.6. The van der Waals surface area contributed by atoms with Crippen molar-refractivity contribution in [2.45, 2.75) is 32.9 Å². The van der Waals surface area contributed by atoms with Crippen molar-refractivity contribution < 1.29 is 8.78 Å². The van der Waals surface area contributed by atoms with E-state index in [2.05, 4.69) is 44.9 Å². The van der Waals surface area contributed by atoms with Crippen molar-refractivity contribution in [1.82, 2.24) is 24.7 Å². The number of hydrogen-bond donors (Lipinski definition) is 0. The maximum Gasteiger partial charge on any atom is 0.161 e. The summed E-state index contributed by atoms with van der Waals surface area (Å²) in [5.74, 6) is -1.21. The quantitative estimate of drug-likeness (QED) is 0.507. The average molecular weight is 406 g/mol. The van der Waals surface area contributed by atoms with Crippen molar-refractivity contribution in [2.24, 2.45) is 0 Å². The molecule has 0 radical (unpaired) electrons. The maximum atomic E-state index is 13.9. The van der Waals surface area contributed by atoms with E-state index in [1.165, 1.54) is 12.4 Å². The first-order valence-electron chi connectivity index (χ1n) is 9.87. The topological polar surface area (TPSA) is 59.7 Å². The number of hydrogen-bond acceptors (Lipinski definition) is 5. The van der Waals surface area contributed by atoms with Crippen molar-refractivity contribution in [3.05, 3.63) is 65.9 Å². The Kier molecular flexibility index (Phi) is 4.42. The zero-order valence-electron chi connectivity index (χ0n) is 16.7. The number of halogens is 2. The summed E-state index contributed by atoms with van der Waals surface area (Å²) in [5, 5.41) is 4.91. The Bertz CT molecular complexity index is 1250. The summed E-state index contributed by atoms with van der Waals surface area (Å²) < 4.78 is 29.5. The van der Waals surface area contributed by atoms with Gasteiger partial charge in [-0.3, -0.25) is 9.67 Å². The highest BCUT2D eigenvalue weighted by Crippen LogP contribution is 2.31. The Hall–Kier alpha value is -3.42. The van der Waals surface area contributed by atoms with Crippen molar-refractivity contribution in [1.29, 1.82) is 0 Å². The zero-order chi connectivity index (χ0) is 20.8. The lowest BCUT2D eigenvalue weighted by Crippen LogP contribution is -2.32. The summed E-state index contributed by atoms with van der Waals surface area (Å²) in [6.07, 6.45) is 5.82. The van der Waals surface area contributed by atoms with Crippen LogP contribution in [0.15, 0.2) is 43.0 Å². The summed E-state index contributed by atoms with van der Waals surface area (Å²) in [6, 6.07) is 6.64. The molecule has 0 bridgehead atoms. The van der Waals surface area contributed by atoms with Gasteiger partial charge in [-0.2, -0.15) is 5.10 Å². The van der Waals surface area contributed by atoms with Gasteiger partial charge in [0, 0.05) is 60.7 Å². The number of nitrogens with zero attached hydrogens (tertiary/aromatic N) is 6. The minimum Gasteiger partial charge on any atom is -0.351 e. The third-order valence-corrected chi connectivity index (χ3v) is 5.45. The van der Waals surface area contributed by atoms with E-state index >= 15 is 0 Å². The van der Waals surface area contributed by atoms with Crippen LogP contribution in [0.2, 0.25) is 0 Å². The SMILES string of the molecule is CC(C)n1nccc1-c1cnc2c(c1)CN(c1ncnc3cc(F)c(F)cc13)CC2. The Morgan fingerprint density at radius 3 is 2.70 bits per heavy atom. The average Bonchev–Trinajstić information content (AvgIpc) is 3.24. The molecule has 30 heavy (non-hydrogen) atoms. The molecule has 6 nitrogen and oxygen atoms in total. The van der Waals surface area contributed by atoms with Crippen LogP contribution in [0.1, 0.15) is 31.1 Å². The Morgan fingerprint density at radius 2 is 1.87 bits per heavy atom. The van der Waals surface area contributed by atoms with Crippen LogP contribution in [0.25, 0.3) is 22.2 Å². The Labute approximate surface area is 172 Å². The van der Waals surface area contributed by atoms with Gasteiger partial charge in [-0.25, -0.2) is 18.7 Å². The molecule has 0 spiro atoms. The molecule has 0 fully saturated rings. The summed E-state index contributed by atoms with van der Waals surface area (Å²) >= 11 is 0. The third kappa shape index (κ3) is 3.08. The maximum absolute atomic E-state index is 13.9. The highest BCUT2D eigenvalue weighted by molar-refractivity contribution is 5.89.